The molecule has 1 N–H and O–H groups in total. The summed E-state index contributed by atoms with van der Waals surface area (Å²) in [6.45, 7) is 1.98. The minimum Gasteiger partial charge on any atom is -0.480 e. The monoisotopic (exact) mass is 283 g/mol. The fourth-order valence-electron chi connectivity index (χ4n) is 2.64. The zero-order valence-electron chi connectivity index (χ0n) is 10.7. The van der Waals surface area contributed by atoms with Crippen LogP contribution < -0.4 is 0 Å². The van der Waals surface area contributed by atoms with E-state index in [2.05, 4.69) is 0 Å². The van der Waals surface area contributed by atoms with Gasteiger partial charge in [0.25, 0.3) is 0 Å². The number of hydrogen-bond acceptors (Lipinski definition) is 3. The summed E-state index contributed by atoms with van der Waals surface area (Å²) in [5, 5.41) is 9.44. The number of benzene rings is 1. The van der Waals surface area contributed by atoms with E-state index in [1.807, 2.05) is 0 Å². The molecular formula is C13H17NO4S. The standard InChI is InChI=1S/C13H17NO4S/c1-2-13(12(15)16)9-6-10-14(13)19(17,18)11-7-4-3-5-8-11/h3-5,7-8H,2,6,9-10H2,1H3,(H,15,16). The lowest BCUT2D eigenvalue weighted by Crippen LogP contribution is -2.52. The highest BCUT2D eigenvalue weighted by Crippen LogP contribution is 2.37. The van der Waals surface area contributed by atoms with Crippen molar-refractivity contribution in [3.63, 3.8) is 0 Å². The molecule has 6 heteroatoms. The van der Waals surface area contributed by atoms with E-state index in [1.54, 1.807) is 25.1 Å². The van der Waals surface area contributed by atoms with Crippen molar-refractivity contribution >= 4 is 16.0 Å². The van der Waals surface area contributed by atoms with E-state index in [4.69, 9.17) is 0 Å². The molecule has 1 saturated heterocycles. The highest BCUT2D eigenvalue weighted by atomic mass is 32.2. The van der Waals surface area contributed by atoms with Crippen LogP contribution in [-0.4, -0.2) is 35.9 Å². The van der Waals surface area contributed by atoms with Gasteiger partial charge in [-0.3, -0.25) is 4.79 Å². The number of carboxylic acid groups (broad SMARTS) is 1. The summed E-state index contributed by atoms with van der Waals surface area (Å²) in [7, 11) is -3.75. The van der Waals surface area contributed by atoms with Gasteiger partial charge in [-0.25, -0.2) is 8.42 Å². The number of aliphatic carboxylic acids is 1. The molecule has 1 aromatic carbocycles. The van der Waals surface area contributed by atoms with Crippen LogP contribution in [0.25, 0.3) is 0 Å². The molecule has 0 aromatic heterocycles. The first-order valence-electron chi connectivity index (χ1n) is 6.26. The lowest BCUT2D eigenvalue weighted by molar-refractivity contribution is -0.147. The number of hydrogen-bond donors (Lipinski definition) is 1. The first-order valence-corrected chi connectivity index (χ1v) is 7.70. The maximum atomic E-state index is 12.6. The fourth-order valence-corrected chi connectivity index (χ4v) is 4.53. The number of carboxylic acids is 1. The maximum Gasteiger partial charge on any atom is 0.325 e. The van der Waals surface area contributed by atoms with Crippen molar-refractivity contribution < 1.29 is 18.3 Å². The van der Waals surface area contributed by atoms with Crippen molar-refractivity contribution in [2.24, 2.45) is 0 Å². The molecule has 1 heterocycles. The van der Waals surface area contributed by atoms with E-state index in [1.165, 1.54) is 12.1 Å². The van der Waals surface area contributed by atoms with Gasteiger partial charge < -0.3 is 5.11 Å². The summed E-state index contributed by atoms with van der Waals surface area (Å²) in [4.78, 5) is 11.7. The highest BCUT2D eigenvalue weighted by molar-refractivity contribution is 7.89. The van der Waals surface area contributed by atoms with Crippen LogP contribution in [0.5, 0.6) is 0 Å². The molecule has 2 rings (SSSR count). The minimum atomic E-state index is -3.75. The molecular weight excluding hydrogens is 266 g/mol. The molecule has 1 aromatic rings. The summed E-state index contributed by atoms with van der Waals surface area (Å²) in [6, 6.07) is 7.99. The zero-order valence-corrected chi connectivity index (χ0v) is 11.6. The Labute approximate surface area is 112 Å². The van der Waals surface area contributed by atoms with Crippen molar-refractivity contribution in [1.29, 1.82) is 0 Å². The molecule has 0 radical (unpaired) electrons. The van der Waals surface area contributed by atoms with Gasteiger partial charge in [0.2, 0.25) is 10.0 Å². The average Bonchev–Trinajstić information content (AvgIpc) is 2.85. The van der Waals surface area contributed by atoms with Gasteiger partial charge in [0.05, 0.1) is 4.90 Å². The molecule has 1 atom stereocenters. The minimum absolute atomic E-state index is 0.149. The van der Waals surface area contributed by atoms with E-state index >= 15 is 0 Å². The maximum absolute atomic E-state index is 12.6. The van der Waals surface area contributed by atoms with Gasteiger partial charge in [0.1, 0.15) is 5.54 Å². The van der Waals surface area contributed by atoms with E-state index in [0.29, 0.717) is 12.8 Å². The van der Waals surface area contributed by atoms with E-state index in [0.717, 1.165) is 4.31 Å². The highest BCUT2D eigenvalue weighted by Gasteiger charge is 2.51. The van der Waals surface area contributed by atoms with Gasteiger partial charge in [0, 0.05) is 6.54 Å². The van der Waals surface area contributed by atoms with E-state index in [9.17, 15) is 18.3 Å². The third-order valence-corrected chi connectivity index (χ3v) is 5.72. The molecule has 1 aliphatic heterocycles. The van der Waals surface area contributed by atoms with Crippen molar-refractivity contribution in [3.8, 4) is 0 Å². The van der Waals surface area contributed by atoms with Crippen LogP contribution in [0.2, 0.25) is 0 Å². The lowest BCUT2D eigenvalue weighted by atomic mass is 9.95. The SMILES string of the molecule is CCC1(C(=O)O)CCCN1S(=O)(=O)c1ccccc1. The molecule has 1 aliphatic rings. The normalized spacial score (nSPS) is 24.5. The lowest BCUT2D eigenvalue weighted by Gasteiger charge is -2.32. The predicted molar refractivity (Wildman–Crippen MR) is 70.2 cm³/mol. The van der Waals surface area contributed by atoms with Gasteiger partial charge in [-0.05, 0) is 31.4 Å². The Bertz CT molecular complexity index is 570. The van der Waals surface area contributed by atoms with Crippen LogP contribution in [0.4, 0.5) is 0 Å². The van der Waals surface area contributed by atoms with Gasteiger partial charge in [0.15, 0.2) is 0 Å². The summed E-state index contributed by atoms with van der Waals surface area (Å²) in [5.74, 6) is -1.06. The smallest absolute Gasteiger partial charge is 0.325 e. The second-order valence-corrected chi connectivity index (χ2v) is 6.55. The topological polar surface area (TPSA) is 74.7 Å². The molecule has 104 valence electrons. The summed E-state index contributed by atoms with van der Waals surface area (Å²) in [5.41, 5.74) is -1.30. The fraction of sp³-hybridized carbons (Fsp3) is 0.462. The second-order valence-electron chi connectivity index (χ2n) is 4.68. The number of nitrogens with zero attached hydrogens (tertiary/aromatic N) is 1. The van der Waals surface area contributed by atoms with Crippen LogP contribution in [0.15, 0.2) is 35.2 Å². The first kappa shape index (κ1) is 14.0. The van der Waals surface area contributed by atoms with E-state index < -0.39 is 21.5 Å². The number of carbonyl (C=O) groups is 1. The van der Waals surface area contributed by atoms with Crippen molar-refractivity contribution in [3.05, 3.63) is 30.3 Å². The molecule has 0 saturated carbocycles. The third-order valence-electron chi connectivity index (χ3n) is 3.74. The summed E-state index contributed by atoms with van der Waals surface area (Å²) in [6.07, 6.45) is 1.21. The number of rotatable bonds is 4. The largest absolute Gasteiger partial charge is 0.480 e. The Balaban J connectivity index is 2.49. The van der Waals surface area contributed by atoms with Gasteiger partial charge in [-0.15, -0.1) is 0 Å². The quantitative estimate of drug-likeness (QED) is 0.912. The van der Waals surface area contributed by atoms with E-state index in [-0.39, 0.29) is 17.9 Å². The molecule has 5 nitrogen and oxygen atoms in total. The van der Waals surface area contributed by atoms with Crippen LogP contribution in [0.1, 0.15) is 26.2 Å². The Morgan fingerprint density at radius 3 is 2.53 bits per heavy atom. The first-order chi connectivity index (χ1) is 8.95. The molecule has 0 spiro atoms. The Kier molecular flexibility index (Phi) is 3.64. The Morgan fingerprint density at radius 1 is 1.37 bits per heavy atom. The summed E-state index contributed by atoms with van der Waals surface area (Å²) < 4.78 is 26.3. The van der Waals surface area contributed by atoms with Crippen LogP contribution >= 0.6 is 0 Å². The van der Waals surface area contributed by atoms with Gasteiger partial charge in [-0.2, -0.15) is 4.31 Å². The van der Waals surface area contributed by atoms with Crippen LogP contribution in [0, 0.1) is 0 Å². The second kappa shape index (κ2) is 4.94. The van der Waals surface area contributed by atoms with Crippen molar-refractivity contribution in [2.75, 3.05) is 6.54 Å². The van der Waals surface area contributed by atoms with Crippen molar-refractivity contribution in [2.45, 2.75) is 36.6 Å². The zero-order chi connectivity index (χ0) is 14.1. The average molecular weight is 283 g/mol. The molecule has 1 fully saturated rings. The Hall–Kier alpha value is -1.40. The molecule has 0 bridgehead atoms. The molecule has 19 heavy (non-hydrogen) atoms. The van der Waals surface area contributed by atoms with Crippen LogP contribution in [0.3, 0.4) is 0 Å². The molecule has 0 aliphatic carbocycles. The third kappa shape index (κ3) is 2.15. The molecule has 0 amide bonds. The van der Waals surface area contributed by atoms with Gasteiger partial charge in [-0.1, -0.05) is 25.1 Å². The van der Waals surface area contributed by atoms with Crippen molar-refractivity contribution in [1.82, 2.24) is 4.31 Å². The van der Waals surface area contributed by atoms with Gasteiger partial charge >= 0.3 is 5.97 Å². The molecule has 1 unspecified atom stereocenters. The Morgan fingerprint density at radius 2 is 2.00 bits per heavy atom. The number of sulfonamides is 1. The van der Waals surface area contributed by atoms with Crippen LogP contribution in [-0.2, 0) is 14.8 Å². The summed E-state index contributed by atoms with van der Waals surface area (Å²) >= 11 is 0. The predicted octanol–water partition coefficient (Wildman–Crippen LogP) is 1.70.